The normalized spacial score (nSPS) is 18.4. The second-order valence-electron chi connectivity index (χ2n) is 8.88. The first kappa shape index (κ1) is 23.2. The highest BCUT2D eigenvalue weighted by Crippen LogP contribution is 2.37. The third kappa shape index (κ3) is 5.69. The van der Waals surface area contributed by atoms with Crippen molar-refractivity contribution < 1.29 is 19.0 Å². The van der Waals surface area contributed by atoms with Gasteiger partial charge in [-0.3, -0.25) is 4.68 Å². The lowest BCUT2D eigenvalue weighted by atomic mass is 9.82. The van der Waals surface area contributed by atoms with Crippen molar-refractivity contribution in [1.82, 2.24) is 9.78 Å². The van der Waals surface area contributed by atoms with E-state index in [0.29, 0.717) is 18.4 Å². The van der Waals surface area contributed by atoms with Gasteiger partial charge in [0, 0.05) is 23.4 Å². The number of carboxylic acids is 1. The van der Waals surface area contributed by atoms with Crippen LogP contribution >= 0.6 is 0 Å². The van der Waals surface area contributed by atoms with Gasteiger partial charge in [0.1, 0.15) is 18.1 Å². The molecule has 3 aromatic rings. The Morgan fingerprint density at radius 2 is 1.76 bits per heavy atom. The summed E-state index contributed by atoms with van der Waals surface area (Å²) in [5, 5.41) is 13.8. The topological polar surface area (TPSA) is 64.4 Å². The molecule has 1 fully saturated rings. The molecule has 0 radical (unpaired) electrons. The monoisotopic (exact) mass is 450 g/mol. The smallest absolute Gasteiger partial charge is 0.329 e. The summed E-state index contributed by atoms with van der Waals surface area (Å²) in [5.74, 6) is -0.232. The van der Waals surface area contributed by atoms with Crippen LogP contribution in [0.25, 0.3) is 22.4 Å². The molecule has 1 saturated carbocycles. The van der Waals surface area contributed by atoms with Crippen LogP contribution in [0, 0.1) is 17.7 Å². The molecule has 33 heavy (non-hydrogen) atoms. The standard InChI is InChI=1S/C27H31FN2O3/c1-2-24-26(22-9-6-10-23(28)15-22)27(21-7-4-3-5-8-21)29-30(24)16-19-11-13-20(14-12-19)17-33-18-25(31)32/h3-10,15,19-20H,2,11-14,16-18H2,1H3,(H,31,32)/t19-,20+. The zero-order valence-electron chi connectivity index (χ0n) is 19.0. The minimum atomic E-state index is -0.919. The summed E-state index contributed by atoms with van der Waals surface area (Å²) in [5.41, 5.74) is 4.93. The summed E-state index contributed by atoms with van der Waals surface area (Å²) in [4.78, 5) is 10.7. The van der Waals surface area contributed by atoms with Crippen LogP contribution in [0.4, 0.5) is 4.39 Å². The fourth-order valence-electron chi connectivity index (χ4n) is 4.89. The van der Waals surface area contributed by atoms with Crippen molar-refractivity contribution in [2.45, 2.75) is 45.6 Å². The van der Waals surface area contributed by atoms with Crippen LogP contribution in [0.2, 0.25) is 0 Å². The average Bonchev–Trinajstić information content (AvgIpc) is 3.18. The van der Waals surface area contributed by atoms with E-state index in [1.165, 1.54) is 6.07 Å². The van der Waals surface area contributed by atoms with Crippen molar-refractivity contribution in [2.75, 3.05) is 13.2 Å². The van der Waals surface area contributed by atoms with Gasteiger partial charge in [0.2, 0.25) is 0 Å². The van der Waals surface area contributed by atoms with Crippen LogP contribution in [-0.4, -0.2) is 34.1 Å². The number of halogens is 1. The number of ether oxygens (including phenoxy) is 1. The quantitative estimate of drug-likeness (QED) is 0.446. The molecule has 0 unspecified atom stereocenters. The molecule has 2 aromatic carbocycles. The highest BCUT2D eigenvalue weighted by Gasteiger charge is 2.25. The molecule has 174 valence electrons. The van der Waals surface area contributed by atoms with Crippen molar-refractivity contribution in [2.24, 2.45) is 11.8 Å². The number of rotatable bonds is 9. The van der Waals surface area contributed by atoms with Gasteiger partial charge in [0.25, 0.3) is 0 Å². The molecule has 1 aliphatic carbocycles. The lowest BCUT2D eigenvalue weighted by Crippen LogP contribution is -2.23. The van der Waals surface area contributed by atoms with Crippen LogP contribution in [0.5, 0.6) is 0 Å². The Labute approximate surface area is 194 Å². The average molecular weight is 451 g/mol. The molecule has 0 saturated heterocycles. The van der Waals surface area contributed by atoms with Gasteiger partial charge in [-0.2, -0.15) is 5.10 Å². The summed E-state index contributed by atoms with van der Waals surface area (Å²) < 4.78 is 21.5. The van der Waals surface area contributed by atoms with E-state index < -0.39 is 5.97 Å². The second kappa shape index (κ2) is 10.8. The zero-order valence-corrected chi connectivity index (χ0v) is 19.0. The van der Waals surface area contributed by atoms with Crippen molar-refractivity contribution >= 4 is 5.97 Å². The molecule has 6 heteroatoms. The molecule has 0 bridgehead atoms. The van der Waals surface area contributed by atoms with Gasteiger partial charge in [-0.25, -0.2) is 9.18 Å². The van der Waals surface area contributed by atoms with Crippen molar-refractivity contribution in [3.63, 3.8) is 0 Å². The maximum Gasteiger partial charge on any atom is 0.329 e. The van der Waals surface area contributed by atoms with Gasteiger partial charge in [0.05, 0.1) is 6.61 Å². The van der Waals surface area contributed by atoms with E-state index in [9.17, 15) is 9.18 Å². The zero-order chi connectivity index (χ0) is 23.2. The number of nitrogens with zero attached hydrogens (tertiary/aromatic N) is 2. The maximum absolute atomic E-state index is 14.1. The fourth-order valence-corrected chi connectivity index (χ4v) is 4.89. The largest absolute Gasteiger partial charge is 0.480 e. The number of aromatic nitrogens is 2. The van der Waals surface area contributed by atoms with Gasteiger partial charge in [-0.1, -0.05) is 49.4 Å². The molecule has 0 aliphatic heterocycles. The number of hydrogen-bond acceptors (Lipinski definition) is 3. The molecule has 0 spiro atoms. The van der Waals surface area contributed by atoms with Crippen molar-refractivity contribution in [3.05, 3.63) is 66.1 Å². The first-order valence-electron chi connectivity index (χ1n) is 11.8. The SMILES string of the molecule is CCc1c(-c2cccc(F)c2)c(-c2ccccc2)nn1C[C@H]1CC[C@@H](COCC(=O)O)CC1. The Morgan fingerprint density at radius 3 is 2.42 bits per heavy atom. The number of carbonyl (C=O) groups is 1. The van der Waals surface area contributed by atoms with Crippen LogP contribution in [0.3, 0.4) is 0 Å². The van der Waals surface area contributed by atoms with Gasteiger partial charge < -0.3 is 9.84 Å². The van der Waals surface area contributed by atoms with Crippen molar-refractivity contribution in [3.8, 4) is 22.4 Å². The number of carboxylic acid groups (broad SMARTS) is 1. The third-order valence-corrected chi connectivity index (χ3v) is 6.53. The highest BCUT2D eigenvalue weighted by atomic mass is 19.1. The van der Waals surface area contributed by atoms with Gasteiger partial charge in [0.15, 0.2) is 0 Å². The number of aliphatic carboxylic acids is 1. The number of benzene rings is 2. The molecular weight excluding hydrogens is 419 g/mol. The van der Waals surface area contributed by atoms with Gasteiger partial charge in [-0.15, -0.1) is 0 Å². The van der Waals surface area contributed by atoms with Crippen LogP contribution < -0.4 is 0 Å². The van der Waals surface area contributed by atoms with Crippen molar-refractivity contribution in [1.29, 1.82) is 0 Å². The lowest BCUT2D eigenvalue weighted by molar-refractivity contribution is -0.142. The Kier molecular flexibility index (Phi) is 7.55. The number of hydrogen-bond donors (Lipinski definition) is 1. The Hall–Kier alpha value is -2.99. The lowest BCUT2D eigenvalue weighted by Gasteiger charge is -2.28. The summed E-state index contributed by atoms with van der Waals surface area (Å²) in [6.07, 6.45) is 5.02. The minimum absolute atomic E-state index is 0.224. The third-order valence-electron chi connectivity index (χ3n) is 6.53. The Balaban J connectivity index is 1.56. The first-order valence-corrected chi connectivity index (χ1v) is 11.8. The molecule has 1 N–H and O–H groups in total. The summed E-state index contributed by atoms with van der Waals surface area (Å²) >= 11 is 0. The van der Waals surface area contributed by atoms with Crippen LogP contribution in [0.15, 0.2) is 54.6 Å². The van der Waals surface area contributed by atoms with E-state index in [2.05, 4.69) is 23.7 Å². The molecule has 1 heterocycles. The molecular formula is C27H31FN2O3. The summed E-state index contributed by atoms with van der Waals surface area (Å²) in [6.45, 7) is 3.25. The van der Waals surface area contributed by atoms with Gasteiger partial charge in [-0.05, 0) is 61.6 Å². The molecule has 0 atom stereocenters. The first-order chi connectivity index (χ1) is 16.0. The van der Waals surface area contributed by atoms with E-state index >= 15 is 0 Å². The molecule has 4 rings (SSSR count). The van der Waals surface area contributed by atoms with E-state index in [0.717, 1.165) is 66.7 Å². The maximum atomic E-state index is 14.1. The van der Waals surface area contributed by atoms with Gasteiger partial charge >= 0.3 is 5.97 Å². The Bertz CT molecular complexity index is 1070. The predicted molar refractivity (Wildman–Crippen MR) is 126 cm³/mol. The van der Waals surface area contributed by atoms with Crippen LogP contribution in [0.1, 0.15) is 38.3 Å². The van der Waals surface area contributed by atoms with E-state index in [1.54, 1.807) is 12.1 Å². The Morgan fingerprint density at radius 1 is 1.06 bits per heavy atom. The molecule has 1 aliphatic rings. The second-order valence-corrected chi connectivity index (χ2v) is 8.88. The predicted octanol–water partition coefficient (Wildman–Crippen LogP) is 5.83. The summed E-state index contributed by atoms with van der Waals surface area (Å²) in [6, 6.07) is 16.9. The van der Waals surface area contributed by atoms with Crippen LogP contribution in [-0.2, 0) is 22.5 Å². The minimum Gasteiger partial charge on any atom is -0.480 e. The van der Waals surface area contributed by atoms with E-state index in [-0.39, 0.29) is 12.4 Å². The molecule has 1 aromatic heterocycles. The molecule has 5 nitrogen and oxygen atoms in total. The van der Waals surface area contributed by atoms with E-state index in [4.69, 9.17) is 14.9 Å². The fraction of sp³-hybridized carbons (Fsp3) is 0.407. The van der Waals surface area contributed by atoms with E-state index in [1.807, 2.05) is 24.3 Å². The molecule has 0 amide bonds. The highest BCUT2D eigenvalue weighted by molar-refractivity contribution is 5.82. The summed E-state index contributed by atoms with van der Waals surface area (Å²) in [7, 11) is 0.